The molecule has 17 heteroatoms. The fraction of sp³-hybridized carbons (Fsp3) is 0.256. The molecule has 0 unspecified atom stereocenters. The molecule has 3 N–H and O–H groups in total. The van der Waals surface area contributed by atoms with Gasteiger partial charge in [0.1, 0.15) is 17.3 Å². The van der Waals surface area contributed by atoms with Crippen LogP contribution >= 0.6 is 22.7 Å². The summed E-state index contributed by atoms with van der Waals surface area (Å²) < 4.78 is 15.1. The van der Waals surface area contributed by atoms with E-state index in [0.717, 1.165) is 104 Å². The first kappa shape index (κ1) is 36.0. The van der Waals surface area contributed by atoms with Crippen LogP contribution in [0.3, 0.4) is 0 Å². The summed E-state index contributed by atoms with van der Waals surface area (Å²) >= 11 is 3.26. The highest BCUT2D eigenvalue weighted by molar-refractivity contribution is 7.15. The Morgan fingerprint density at radius 1 is 0.696 bits per heavy atom. The molecule has 0 bridgehead atoms. The summed E-state index contributed by atoms with van der Waals surface area (Å²) in [7, 11) is 0. The van der Waals surface area contributed by atoms with Crippen molar-refractivity contribution in [2.75, 3.05) is 63.7 Å². The molecule has 284 valence electrons. The third kappa shape index (κ3) is 7.73. The van der Waals surface area contributed by atoms with Gasteiger partial charge in [-0.1, -0.05) is 12.1 Å². The number of pyridine rings is 2. The average Bonchev–Trinajstić information content (AvgIpc) is 4.03. The van der Waals surface area contributed by atoms with Crippen molar-refractivity contribution in [3.8, 4) is 22.5 Å². The van der Waals surface area contributed by atoms with Gasteiger partial charge in [0.15, 0.2) is 9.92 Å². The summed E-state index contributed by atoms with van der Waals surface area (Å²) in [6.45, 7) is 8.74. The number of ether oxygens (including phenoxy) is 2. The quantitative estimate of drug-likeness (QED) is 0.203. The molecule has 1 aromatic carbocycles. The Bertz CT molecular complexity index is 2620. The van der Waals surface area contributed by atoms with Gasteiger partial charge in [0, 0.05) is 97.3 Å². The number of imidazole rings is 2. The molecule has 0 saturated carbocycles. The van der Waals surface area contributed by atoms with Crippen molar-refractivity contribution in [2.45, 2.75) is 13.1 Å². The largest absolute Gasteiger partial charge is 0.383 e. The van der Waals surface area contributed by atoms with Gasteiger partial charge in [-0.15, -0.1) is 22.7 Å². The number of nitrogens with two attached hydrogens (primary N) is 1. The Morgan fingerprint density at radius 3 is 1.89 bits per heavy atom. The molecule has 0 aliphatic carbocycles. The summed E-state index contributed by atoms with van der Waals surface area (Å²) in [5, 5.41) is 7.21. The molecule has 1 amide bonds. The molecule has 15 nitrogen and oxygen atoms in total. The number of thiazole rings is 2. The van der Waals surface area contributed by atoms with E-state index in [4.69, 9.17) is 20.2 Å². The van der Waals surface area contributed by atoms with E-state index in [1.54, 1.807) is 35.1 Å². The van der Waals surface area contributed by atoms with E-state index in [0.29, 0.717) is 17.2 Å². The van der Waals surface area contributed by atoms with E-state index in [1.165, 1.54) is 17.6 Å². The van der Waals surface area contributed by atoms with E-state index in [1.807, 2.05) is 54.7 Å². The maximum absolute atomic E-state index is 12.9. The van der Waals surface area contributed by atoms with Crippen LogP contribution in [0.5, 0.6) is 0 Å². The smallest absolute Gasteiger partial charge is 0.277 e. The number of nitrogens with one attached hydrogen (secondary N) is 1. The van der Waals surface area contributed by atoms with Gasteiger partial charge in [0.2, 0.25) is 0 Å². The van der Waals surface area contributed by atoms with Crippen LogP contribution in [0.1, 0.15) is 21.9 Å². The van der Waals surface area contributed by atoms with E-state index >= 15 is 0 Å². The first-order valence-corrected chi connectivity index (χ1v) is 20.0. The van der Waals surface area contributed by atoms with E-state index in [-0.39, 0.29) is 11.6 Å². The number of nitrogen functional groups attached to an aromatic ring is 1. The van der Waals surface area contributed by atoms with Crippen LogP contribution in [-0.4, -0.2) is 107 Å². The number of anilines is 2. The summed E-state index contributed by atoms with van der Waals surface area (Å²) in [6.07, 6.45) is 8.87. The fourth-order valence-corrected chi connectivity index (χ4v) is 8.43. The maximum Gasteiger partial charge on any atom is 0.277 e. The zero-order chi connectivity index (χ0) is 37.8. The minimum absolute atomic E-state index is 0.230. The number of hydrogen-bond donors (Lipinski definition) is 2. The summed E-state index contributed by atoms with van der Waals surface area (Å²) in [6, 6.07) is 15.0. The van der Waals surface area contributed by atoms with Crippen LogP contribution in [0, 0.1) is 0 Å². The Balaban J connectivity index is 0.000000161. The van der Waals surface area contributed by atoms with E-state index < -0.39 is 0 Å². The van der Waals surface area contributed by atoms with Gasteiger partial charge in [-0.05, 0) is 36.4 Å². The molecule has 0 spiro atoms. The van der Waals surface area contributed by atoms with Crippen molar-refractivity contribution < 1.29 is 14.3 Å². The van der Waals surface area contributed by atoms with Crippen molar-refractivity contribution in [3.63, 3.8) is 0 Å². The number of fused-ring (bicyclic) bond motifs is 3. The zero-order valence-electron chi connectivity index (χ0n) is 30.3. The van der Waals surface area contributed by atoms with Crippen LogP contribution in [0.2, 0.25) is 0 Å². The lowest BCUT2D eigenvalue weighted by molar-refractivity contribution is 0.0335. The molecule has 2 fully saturated rings. The average molecular weight is 787 g/mol. The second-order valence-electron chi connectivity index (χ2n) is 13.3. The monoisotopic (exact) mass is 786 g/mol. The molecular weight excluding hydrogens is 749 g/mol. The number of para-hydroxylation sites is 2. The molecule has 0 radical (unpaired) electrons. The van der Waals surface area contributed by atoms with Gasteiger partial charge in [-0.2, -0.15) is 0 Å². The van der Waals surface area contributed by atoms with Gasteiger partial charge in [-0.3, -0.25) is 28.4 Å². The van der Waals surface area contributed by atoms with E-state index in [9.17, 15) is 4.79 Å². The normalized spacial score (nSPS) is 15.3. The molecule has 2 aliphatic rings. The number of carbonyl (C=O) groups is 1. The molecule has 56 heavy (non-hydrogen) atoms. The SMILES string of the molecule is Nc1ncccc1-c1cn2c(CN3CCOCC3)csc2n1.O=C(Nc1ncccc1-c1cn2c(CN3CCOCC3)csc2n1)c1cnc2ccccc2n1. The summed E-state index contributed by atoms with van der Waals surface area (Å²) in [5.41, 5.74) is 13.3. The predicted octanol–water partition coefficient (Wildman–Crippen LogP) is 5.36. The maximum atomic E-state index is 12.9. The second kappa shape index (κ2) is 16.2. The molecule has 9 heterocycles. The highest BCUT2D eigenvalue weighted by atomic mass is 32.1. The second-order valence-corrected chi connectivity index (χ2v) is 15.0. The summed E-state index contributed by atoms with van der Waals surface area (Å²) in [4.78, 5) is 46.4. The number of hydrogen-bond acceptors (Lipinski definition) is 14. The number of rotatable bonds is 8. The predicted molar refractivity (Wildman–Crippen MR) is 217 cm³/mol. The van der Waals surface area contributed by atoms with Gasteiger partial charge in [0.25, 0.3) is 5.91 Å². The highest BCUT2D eigenvalue weighted by Gasteiger charge is 2.19. The number of carbonyl (C=O) groups excluding carboxylic acids is 1. The lowest BCUT2D eigenvalue weighted by atomic mass is 10.2. The van der Waals surface area contributed by atoms with Crippen molar-refractivity contribution in [2.24, 2.45) is 0 Å². The first-order chi connectivity index (χ1) is 27.6. The van der Waals surface area contributed by atoms with Crippen LogP contribution in [0.15, 0.2) is 90.3 Å². The van der Waals surface area contributed by atoms with Crippen molar-refractivity contribution >= 4 is 61.2 Å². The van der Waals surface area contributed by atoms with Crippen LogP contribution in [0.25, 0.3) is 43.5 Å². The third-order valence-corrected chi connectivity index (χ3v) is 11.4. The van der Waals surface area contributed by atoms with Gasteiger partial charge >= 0.3 is 0 Å². The van der Waals surface area contributed by atoms with Crippen molar-refractivity contribution in [1.29, 1.82) is 0 Å². The minimum atomic E-state index is -0.368. The molecule has 0 atom stereocenters. The number of aromatic nitrogens is 8. The molecule has 2 saturated heterocycles. The number of morpholine rings is 2. The minimum Gasteiger partial charge on any atom is -0.383 e. The number of benzene rings is 1. The Labute approximate surface area is 329 Å². The summed E-state index contributed by atoms with van der Waals surface area (Å²) in [5.74, 6) is 0.582. The topological polar surface area (TPSA) is 166 Å². The third-order valence-electron chi connectivity index (χ3n) is 9.66. The van der Waals surface area contributed by atoms with Crippen LogP contribution in [0.4, 0.5) is 11.6 Å². The van der Waals surface area contributed by atoms with Crippen LogP contribution < -0.4 is 11.1 Å². The first-order valence-electron chi connectivity index (χ1n) is 18.3. The Kier molecular flexibility index (Phi) is 10.4. The molecule has 7 aromatic heterocycles. The molecule has 2 aliphatic heterocycles. The Hall–Kier alpha value is -5.69. The lowest BCUT2D eigenvalue weighted by Gasteiger charge is -2.26. The fourth-order valence-electron chi connectivity index (χ4n) is 6.71. The van der Waals surface area contributed by atoms with Gasteiger partial charge < -0.3 is 20.5 Å². The van der Waals surface area contributed by atoms with E-state index in [2.05, 4.69) is 65.8 Å². The lowest BCUT2D eigenvalue weighted by Crippen LogP contribution is -2.35. The molecule has 10 rings (SSSR count). The highest BCUT2D eigenvalue weighted by Crippen LogP contribution is 2.30. The van der Waals surface area contributed by atoms with Crippen molar-refractivity contribution in [1.82, 2.24) is 48.5 Å². The van der Waals surface area contributed by atoms with Gasteiger partial charge in [-0.25, -0.2) is 24.9 Å². The Morgan fingerprint density at radius 2 is 1.27 bits per heavy atom. The number of nitrogens with zero attached hydrogens (tertiary/aromatic N) is 10. The standard InChI is InChI=1S/C24H21N7O2S.C15H17N5OS/c32-23(20-12-26-18-5-1-2-6-19(18)27-20)29-22-17(4-3-7-25-22)21-14-31-16(15-34-24(31)28-21)13-30-8-10-33-11-9-30;16-14-12(2-1-3-17-14)13-9-20-11(10-22-15(20)18-13)8-19-4-6-21-7-5-19/h1-7,12,14-15H,8-11,13H2,(H,25,29,32);1-3,9-10H,4-8H2,(H2,16,17). The molecular formula is C39H38N12O3S2. The molecule has 8 aromatic rings. The van der Waals surface area contributed by atoms with Crippen molar-refractivity contribution in [3.05, 3.63) is 107 Å². The van der Waals surface area contributed by atoms with Crippen LogP contribution in [-0.2, 0) is 22.6 Å². The number of amides is 1. The van der Waals surface area contributed by atoms with Gasteiger partial charge in [0.05, 0.1) is 55.0 Å². The zero-order valence-corrected chi connectivity index (χ0v) is 32.0.